The molecule has 0 aromatic carbocycles. The Morgan fingerprint density at radius 2 is 2.11 bits per heavy atom. The number of aromatic nitrogens is 1. The van der Waals surface area contributed by atoms with Gasteiger partial charge < -0.3 is 5.32 Å². The van der Waals surface area contributed by atoms with Crippen molar-refractivity contribution in [3.05, 3.63) is 15.6 Å². The molecule has 0 saturated heterocycles. The van der Waals surface area contributed by atoms with Gasteiger partial charge in [0, 0.05) is 23.4 Å². The Morgan fingerprint density at radius 3 is 2.67 bits per heavy atom. The van der Waals surface area contributed by atoms with Crippen LogP contribution in [0.3, 0.4) is 0 Å². The number of nitrogens with zero attached hydrogens (tertiary/aromatic N) is 1. The molecular formula is C15H24N2S. The third kappa shape index (κ3) is 2.62. The summed E-state index contributed by atoms with van der Waals surface area (Å²) in [6.07, 6.45) is 6.40. The van der Waals surface area contributed by atoms with Crippen molar-refractivity contribution in [2.75, 3.05) is 0 Å². The maximum absolute atomic E-state index is 4.93. The highest BCUT2D eigenvalue weighted by Gasteiger charge is 2.48. The van der Waals surface area contributed by atoms with E-state index < -0.39 is 0 Å². The highest BCUT2D eigenvalue weighted by atomic mass is 32.1. The number of rotatable bonds is 6. The van der Waals surface area contributed by atoms with Crippen molar-refractivity contribution in [3.63, 3.8) is 0 Å². The molecule has 2 fully saturated rings. The van der Waals surface area contributed by atoms with Gasteiger partial charge in [-0.15, -0.1) is 11.3 Å². The predicted octanol–water partition coefficient (Wildman–Crippen LogP) is 3.86. The van der Waals surface area contributed by atoms with Crippen LogP contribution in [0.5, 0.6) is 0 Å². The SMILES string of the molecule is CCCc1nc(C2CC2(C)C)sc1CNC1CC1. The standard InChI is InChI=1S/C15H24N2S/c1-4-5-12-13(9-16-10-6-7-10)18-14(17-12)11-8-15(11,2)3/h10-11,16H,4-9H2,1-3H3. The average molecular weight is 264 g/mol. The average Bonchev–Trinajstić information content (AvgIpc) is 3.20. The van der Waals surface area contributed by atoms with E-state index in [2.05, 4.69) is 26.1 Å². The monoisotopic (exact) mass is 264 g/mol. The quantitative estimate of drug-likeness (QED) is 0.844. The predicted molar refractivity (Wildman–Crippen MR) is 77.1 cm³/mol. The highest BCUT2D eigenvalue weighted by molar-refractivity contribution is 7.11. The van der Waals surface area contributed by atoms with Gasteiger partial charge in [-0.05, 0) is 31.1 Å². The van der Waals surface area contributed by atoms with Crippen LogP contribution in [0.4, 0.5) is 0 Å². The van der Waals surface area contributed by atoms with Crippen molar-refractivity contribution in [1.82, 2.24) is 10.3 Å². The zero-order chi connectivity index (χ0) is 12.8. The number of thiazole rings is 1. The van der Waals surface area contributed by atoms with E-state index in [1.807, 2.05) is 11.3 Å². The van der Waals surface area contributed by atoms with E-state index in [0.29, 0.717) is 5.41 Å². The molecule has 100 valence electrons. The summed E-state index contributed by atoms with van der Waals surface area (Å²) >= 11 is 1.97. The molecule has 2 aliphatic carbocycles. The molecule has 0 spiro atoms. The molecule has 1 unspecified atom stereocenters. The second kappa shape index (κ2) is 4.61. The summed E-state index contributed by atoms with van der Waals surface area (Å²) in [5.41, 5.74) is 1.87. The van der Waals surface area contributed by atoms with Gasteiger partial charge in [0.05, 0.1) is 10.7 Å². The summed E-state index contributed by atoms with van der Waals surface area (Å²) in [5.74, 6) is 0.729. The second-order valence-corrected chi connectivity index (χ2v) is 7.69. The summed E-state index contributed by atoms with van der Waals surface area (Å²) in [4.78, 5) is 6.44. The lowest BCUT2D eigenvalue weighted by Crippen LogP contribution is -2.15. The van der Waals surface area contributed by atoms with Crippen LogP contribution in [0.1, 0.15) is 68.0 Å². The second-order valence-electron chi connectivity index (χ2n) is 6.57. The van der Waals surface area contributed by atoms with Crippen LogP contribution in [0.25, 0.3) is 0 Å². The fourth-order valence-corrected chi connectivity index (χ4v) is 3.91. The van der Waals surface area contributed by atoms with Crippen LogP contribution in [0, 0.1) is 5.41 Å². The van der Waals surface area contributed by atoms with E-state index in [9.17, 15) is 0 Å². The first-order chi connectivity index (χ1) is 8.60. The minimum atomic E-state index is 0.503. The molecule has 0 bridgehead atoms. The number of hydrogen-bond acceptors (Lipinski definition) is 3. The van der Waals surface area contributed by atoms with Crippen LogP contribution in [-0.4, -0.2) is 11.0 Å². The minimum absolute atomic E-state index is 0.503. The molecule has 2 nitrogen and oxygen atoms in total. The van der Waals surface area contributed by atoms with Crippen molar-refractivity contribution in [3.8, 4) is 0 Å². The van der Waals surface area contributed by atoms with Crippen LogP contribution in [-0.2, 0) is 13.0 Å². The Hall–Kier alpha value is -0.410. The van der Waals surface area contributed by atoms with Gasteiger partial charge in [-0.3, -0.25) is 0 Å². The van der Waals surface area contributed by atoms with E-state index in [0.717, 1.165) is 24.9 Å². The molecule has 2 aliphatic rings. The van der Waals surface area contributed by atoms with Crippen molar-refractivity contribution in [2.45, 2.75) is 71.4 Å². The Balaban J connectivity index is 1.72. The smallest absolute Gasteiger partial charge is 0.0968 e. The normalized spacial score (nSPS) is 25.4. The Labute approximate surface area is 114 Å². The van der Waals surface area contributed by atoms with Gasteiger partial charge in [-0.1, -0.05) is 27.2 Å². The fourth-order valence-electron chi connectivity index (χ4n) is 2.54. The van der Waals surface area contributed by atoms with Gasteiger partial charge in [0.1, 0.15) is 0 Å². The van der Waals surface area contributed by atoms with E-state index in [1.54, 1.807) is 0 Å². The molecule has 1 heterocycles. The number of nitrogens with one attached hydrogen (secondary N) is 1. The number of aryl methyl sites for hydroxylation is 1. The lowest BCUT2D eigenvalue weighted by molar-refractivity contribution is 0.619. The lowest BCUT2D eigenvalue weighted by atomic mass is 10.1. The highest BCUT2D eigenvalue weighted by Crippen LogP contribution is 2.59. The summed E-state index contributed by atoms with van der Waals surface area (Å²) in [6.45, 7) is 8.02. The summed E-state index contributed by atoms with van der Waals surface area (Å²) in [7, 11) is 0. The molecule has 2 saturated carbocycles. The molecule has 1 aromatic rings. The summed E-state index contributed by atoms with van der Waals surface area (Å²) in [6, 6.07) is 0.794. The van der Waals surface area contributed by atoms with Crippen LogP contribution < -0.4 is 5.32 Å². The Morgan fingerprint density at radius 1 is 1.39 bits per heavy atom. The van der Waals surface area contributed by atoms with Crippen LogP contribution >= 0.6 is 11.3 Å². The summed E-state index contributed by atoms with van der Waals surface area (Å²) < 4.78 is 0. The van der Waals surface area contributed by atoms with Gasteiger partial charge in [-0.2, -0.15) is 0 Å². The first-order valence-corrected chi connectivity index (χ1v) is 8.13. The largest absolute Gasteiger partial charge is 0.309 e. The van der Waals surface area contributed by atoms with E-state index in [4.69, 9.17) is 4.98 Å². The van der Waals surface area contributed by atoms with Crippen LogP contribution in [0.2, 0.25) is 0 Å². The van der Waals surface area contributed by atoms with Crippen molar-refractivity contribution in [1.29, 1.82) is 0 Å². The van der Waals surface area contributed by atoms with Gasteiger partial charge in [0.25, 0.3) is 0 Å². The van der Waals surface area contributed by atoms with Crippen molar-refractivity contribution >= 4 is 11.3 Å². The first kappa shape index (κ1) is 12.6. The van der Waals surface area contributed by atoms with Gasteiger partial charge in [0.2, 0.25) is 0 Å². The van der Waals surface area contributed by atoms with Gasteiger partial charge in [0.15, 0.2) is 0 Å². The first-order valence-electron chi connectivity index (χ1n) is 7.32. The minimum Gasteiger partial charge on any atom is -0.309 e. The molecular weight excluding hydrogens is 240 g/mol. The lowest BCUT2D eigenvalue weighted by Gasteiger charge is -2.01. The topological polar surface area (TPSA) is 24.9 Å². The molecule has 1 aromatic heterocycles. The van der Waals surface area contributed by atoms with E-state index >= 15 is 0 Å². The summed E-state index contributed by atoms with van der Waals surface area (Å²) in [5, 5.41) is 5.03. The maximum atomic E-state index is 4.93. The zero-order valence-electron chi connectivity index (χ0n) is 11.8. The van der Waals surface area contributed by atoms with Crippen molar-refractivity contribution < 1.29 is 0 Å². The molecule has 3 rings (SSSR count). The molecule has 3 heteroatoms. The van der Waals surface area contributed by atoms with Gasteiger partial charge in [-0.25, -0.2) is 4.98 Å². The third-order valence-electron chi connectivity index (χ3n) is 4.22. The van der Waals surface area contributed by atoms with E-state index in [-0.39, 0.29) is 0 Å². The Bertz CT molecular complexity index is 432. The maximum Gasteiger partial charge on any atom is 0.0968 e. The zero-order valence-corrected chi connectivity index (χ0v) is 12.6. The molecule has 18 heavy (non-hydrogen) atoms. The molecule has 0 amide bonds. The Kier molecular flexibility index (Phi) is 3.23. The third-order valence-corrected chi connectivity index (χ3v) is 5.43. The molecule has 0 aliphatic heterocycles. The number of hydrogen-bond donors (Lipinski definition) is 1. The van der Waals surface area contributed by atoms with Gasteiger partial charge >= 0.3 is 0 Å². The molecule has 1 N–H and O–H groups in total. The van der Waals surface area contributed by atoms with Crippen molar-refractivity contribution in [2.24, 2.45) is 5.41 Å². The molecule has 1 atom stereocenters. The van der Waals surface area contributed by atoms with E-state index in [1.165, 1.54) is 41.3 Å². The molecule has 0 radical (unpaired) electrons. The fraction of sp³-hybridized carbons (Fsp3) is 0.800. The van der Waals surface area contributed by atoms with Crippen LogP contribution in [0.15, 0.2) is 0 Å².